The summed E-state index contributed by atoms with van der Waals surface area (Å²) in [4.78, 5) is 11.9. The molecule has 0 saturated carbocycles. The second-order valence-electron chi connectivity index (χ2n) is 5.31. The van der Waals surface area contributed by atoms with E-state index in [2.05, 4.69) is 0 Å². The Morgan fingerprint density at radius 2 is 1.67 bits per heavy atom. The molecule has 6 heteroatoms. The van der Waals surface area contributed by atoms with Crippen molar-refractivity contribution in [2.45, 2.75) is 24.8 Å². The Balaban J connectivity index is 2.44. The van der Waals surface area contributed by atoms with Gasteiger partial charge in [-0.2, -0.15) is 4.31 Å². The fraction of sp³-hybridized carbons (Fsp3) is 0.278. The van der Waals surface area contributed by atoms with Crippen LogP contribution in [0.15, 0.2) is 59.5 Å². The van der Waals surface area contributed by atoms with Crippen LogP contribution in [0.5, 0.6) is 0 Å². The first-order chi connectivity index (χ1) is 11.5. The zero-order valence-electron chi connectivity index (χ0n) is 13.8. The zero-order valence-corrected chi connectivity index (χ0v) is 14.6. The number of benzene rings is 2. The normalized spacial score (nSPS) is 11.5. The van der Waals surface area contributed by atoms with Gasteiger partial charge in [-0.15, -0.1) is 0 Å². The van der Waals surface area contributed by atoms with Crippen LogP contribution in [0.1, 0.15) is 29.3 Å². The Morgan fingerprint density at radius 1 is 1.04 bits per heavy atom. The third-order valence-electron chi connectivity index (χ3n) is 3.58. The van der Waals surface area contributed by atoms with E-state index < -0.39 is 16.0 Å². The third-order valence-corrected chi connectivity index (χ3v) is 5.49. The van der Waals surface area contributed by atoms with Crippen molar-refractivity contribution in [3.8, 4) is 0 Å². The van der Waals surface area contributed by atoms with E-state index >= 15 is 0 Å². The Labute approximate surface area is 142 Å². The van der Waals surface area contributed by atoms with Crippen LogP contribution in [0, 0.1) is 0 Å². The average molecular weight is 347 g/mol. The van der Waals surface area contributed by atoms with Gasteiger partial charge in [0.15, 0.2) is 0 Å². The van der Waals surface area contributed by atoms with Crippen molar-refractivity contribution in [3.05, 3.63) is 65.7 Å². The van der Waals surface area contributed by atoms with Gasteiger partial charge in [0.2, 0.25) is 10.0 Å². The number of rotatable bonds is 7. The van der Waals surface area contributed by atoms with Crippen molar-refractivity contribution >= 4 is 16.0 Å². The monoisotopic (exact) mass is 347 g/mol. The molecule has 0 aliphatic rings. The molecule has 5 nitrogen and oxygen atoms in total. The van der Waals surface area contributed by atoms with Crippen molar-refractivity contribution in [1.82, 2.24) is 4.31 Å². The van der Waals surface area contributed by atoms with E-state index in [0.29, 0.717) is 13.0 Å². The van der Waals surface area contributed by atoms with Crippen molar-refractivity contribution in [3.63, 3.8) is 0 Å². The minimum Gasteiger partial charge on any atom is -0.465 e. The summed E-state index contributed by atoms with van der Waals surface area (Å²) in [6.45, 7) is 2.54. The Hall–Kier alpha value is -2.18. The molecule has 2 rings (SSSR count). The van der Waals surface area contributed by atoms with Crippen molar-refractivity contribution in [1.29, 1.82) is 0 Å². The maximum absolute atomic E-state index is 13.1. The largest absolute Gasteiger partial charge is 0.465 e. The fourth-order valence-electron chi connectivity index (χ4n) is 2.43. The van der Waals surface area contributed by atoms with Gasteiger partial charge in [-0.1, -0.05) is 49.4 Å². The first kappa shape index (κ1) is 18.2. The van der Waals surface area contributed by atoms with Gasteiger partial charge in [0, 0.05) is 13.1 Å². The molecular weight excluding hydrogens is 326 g/mol. The van der Waals surface area contributed by atoms with Gasteiger partial charge in [-0.25, -0.2) is 13.2 Å². The summed E-state index contributed by atoms with van der Waals surface area (Å²) in [6.07, 6.45) is 0.673. The highest BCUT2D eigenvalue weighted by atomic mass is 32.2. The lowest BCUT2D eigenvalue weighted by molar-refractivity contribution is 0.0596. The molecule has 0 aliphatic heterocycles. The molecule has 2 aromatic rings. The van der Waals surface area contributed by atoms with E-state index in [1.807, 2.05) is 37.3 Å². The van der Waals surface area contributed by atoms with Crippen LogP contribution in [-0.2, 0) is 21.3 Å². The third kappa shape index (κ3) is 4.01. The predicted molar refractivity (Wildman–Crippen MR) is 92.1 cm³/mol. The molecule has 0 N–H and O–H groups in total. The number of carbonyl (C=O) groups is 1. The number of esters is 1. The smallest absolute Gasteiger partial charge is 0.339 e. The van der Waals surface area contributed by atoms with Gasteiger partial charge in [0.1, 0.15) is 0 Å². The highest BCUT2D eigenvalue weighted by molar-refractivity contribution is 7.89. The van der Waals surface area contributed by atoms with Gasteiger partial charge in [0.25, 0.3) is 0 Å². The molecule has 0 unspecified atom stereocenters. The van der Waals surface area contributed by atoms with Gasteiger partial charge in [0.05, 0.1) is 17.6 Å². The van der Waals surface area contributed by atoms with Crippen molar-refractivity contribution < 1.29 is 17.9 Å². The molecular formula is C18H21NO4S. The van der Waals surface area contributed by atoms with Crippen molar-refractivity contribution in [2.24, 2.45) is 0 Å². The minimum atomic E-state index is -3.81. The lowest BCUT2D eigenvalue weighted by Gasteiger charge is -2.23. The van der Waals surface area contributed by atoms with E-state index in [0.717, 1.165) is 5.56 Å². The first-order valence-corrected chi connectivity index (χ1v) is 9.16. The van der Waals surface area contributed by atoms with E-state index in [-0.39, 0.29) is 17.0 Å². The number of ether oxygens (including phenoxy) is 1. The van der Waals surface area contributed by atoms with Crippen LogP contribution in [0.25, 0.3) is 0 Å². The van der Waals surface area contributed by atoms with Gasteiger partial charge in [-0.3, -0.25) is 0 Å². The average Bonchev–Trinajstić information content (AvgIpc) is 2.61. The first-order valence-electron chi connectivity index (χ1n) is 7.72. The maximum atomic E-state index is 13.1. The van der Waals surface area contributed by atoms with Gasteiger partial charge >= 0.3 is 5.97 Å². The highest BCUT2D eigenvalue weighted by Gasteiger charge is 2.28. The standard InChI is InChI=1S/C18H21NO4S/c1-3-13-19(14-15-9-5-4-6-10-15)24(21,22)17-12-8-7-11-16(17)18(20)23-2/h4-12H,3,13-14H2,1-2H3. The van der Waals surface area contributed by atoms with E-state index in [1.165, 1.54) is 23.5 Å². The Bertz CT molecular complexity index is 788. The molecule has 0 fully saturated rings. The number of hydrogen-bond acceptors (Lipinski definition) is 4. The molecule has 24 heavy (non-hydrogen) atoms. The molecule has 0 saturated heterocycles. The summed E-state index contributed by atoms with van der Waals surface area (Å²) in [5, 5.41) is 0. The van der Waals surface area contributed by atoms with Crippen LogP contribution >= 0.6 is 0 Å². The Morgan fingerprint density at radius 3 is 2.29 bits per heavy atom. The molecule has 0 aromatic heterocycles. The van der Waals surface area contributed by atoms with E-state index in [1.54, 1.807) is 12.1 Å². The van der Waals surface area contributed by atoms with Gasteiger partial charge in [-0.05, 0) is 24.1 Å². The highest BCUT2D eigenvalue weighted by Crippen LogP contribution is 2.23. The molecule has 0 bridgehead atoms. The lowest BCUT2D eigenvalue weighted by Crippen LogP contribution is -2.32. The summed E-state index contributed by atoms with van der Waals surface area (Å²) >= 11 is 0. The minimum absolute atomic E-state index is 0.0266. The van der Waals surface area contributed by atoms with Crippen LogP contribution in [-0.4, -0.2) is 32.3 Å². The van der Waals surface area contributed by atoms with E-state index in [4.69, 9.17) is 4.74 Å². The second kappa shape index (κ2) is 8.08. The lowest BCUT2D eigenvalue weighted by atomic mass is 10.2. The summed E-state index contributed by atoms with van der Waals surface area (Å²) < 4.78 is 32.3. The quantitative estimate of drug-likeness (QED) is 0.722. The topological polar surface area (TPSA) is 63.7 Å². The van der Waals surface area contributed by atoms with Crippen LogP contribution in [0.3, 0.4) is 0 Å². The SMILES string of the molecule is CCCN(Cc1ccccc1)S(=O)(=O)c1ccccc1C(=O)OC. The summed E-state index contributed by atoms with van der Waals surface area (Å²) in [5.74, 6) is -0.662. The number of methoxy groups -OCH3 is 1. The number of sulfonamides is 1. The maximum Gasteiger partial charge on any atom is 0.339 e. The van der Waals surface area contributed by atoms with Crippen LogP contribution < -0.4 is 0 Å². The Kier molecular flexibility index (Phi) is 6.11. The molecule has 0 radical (unpaired) electrons. The summed E-state index contributed by atoms with van der Waals surface area (Å²) in [6, 6.07) is 15.5. The zero-order chi connectivity index (χ0) is 17.6. The number of nitrogens with zero attached hydrogens (tertiary/aromatic N) is 1. The molecule has 0 atom stereocenters. The summed E-state index contributed by atoms with van der Waals surface area (Å²) in [5.41, 5.74) is 0.944. The molecule has 2 aromatic carbocycles. The van der Waals surface area contributed by atoms with E-state index in [9.17, 15) is 13.2 Å². The van der Waals surface area contributed by atoms with Crippen molar-refractivity contribution in [2.75, 3.05) is 13.7 Å². The van der Waals surface area contributed by atoms with Gasteiger partial charge < -0.3 is 4.74 Å². The van der Waals surface area contributed by atoms with Crippen LogP contribution in [0.4, 0.5) is 0 Å². The molecule has 0 heterocycles. The molecule has 0 aliphatic carbocycles. The number of hydrogen-bond donors (Lipinski definition) is 0. The summed E-state index contributed by atoms with van der Waals surface area (Å²) in [7, 11) is -2.58. The predicted octanol–water partition coefficient (Wildman–Crippen LogP) is 3.07. The molecule has 0 amide bonds. The fourth-order valence-corrected chi connectivity index (χ4v) is 4.13. The second-order valence-corrected chi connectivity index (χ2v) is 7.22. The molecule has 0 spiro atoms. The number of carbonyl (C=O) groups excluding carboxylic acids is 1. The molecule has 128 valence electrons. The van der Waals surface area contributed by atoms with Crippen LogP contribution in [0.2, 0.25) is 0 Å².